The van der Waals surface area contributed by atoms with Gasteiger partial charge in [0.25, 0.3) is 0 Å². The molecule has 0 bridgehead atoms. The third kappa shape index (κ3) is 3.01. The van der Waals surface area contributed by atoms with Crippen molar-refractivity contribution in [3.05, 3.63) is 71.7 Å². The Labute approximate surface area is 116 Å². The Kier molecular flexibility index (Phi) is 3.56. The van der Waals surface area contributed by atoms with Gasteiger partial charge in [0.05, 0.1) is 0 Å². The molecule has 1 aromatic heterocycles. The Morgan fingerprint density at radius 1 is 0.947 bits per heavy atom. The minimum absolute atomic E-state index is 0.595. The van der Waals surface area contributed by atoms with Gasteiger partial charge in [0.15, 0.2) is 0 Å². The standard InChI is InChI=1S/C16H13NOS/c1-2-4-13(5-3-1)12-18-15-8-6-14(7-9-15)16-17-10-11-19-16/h1-11H,12H2. The SMILES string of the molecule is c1ccc(COc2ccc(-c3nccs3)cc2)cc1. The van der Waals surface area contributed by atoms with Gasteiger partial charge in [0.1, 0.15) is 17.4 Å². The fraction of sp³-hybridized carbons (Fsp3) is 0.0625. The molecule has 0 aliphatic rings. The summed E-state index contributed by atoms with van der Waals surface area (Å²) in [6, 6.07) is 18.2. The van der Waals surface area contributed by atoms with Crippen LogP contribution < -0.4 is 4.74 Å². The highest BCUT2D eigenvalue weighted by molar-refractivity contribution is 7.13. The first-order chi connectivity index (χ1) is 9.42. The molecule has 19 heavy (non-hydrogen) atoms. The van der Waals surface area contributed by atoms with Crippen molar-refractivity contribution in [1.82, 2.24) is 4.98 Å². The summed E-state index contributed by atoms with van der Waals surface area (Å²) in [6.45, 7) is 0.595. The summed E-state index contributed by atoms with van der Waals surface area (Å²) in [6.07, 6.45) is 1.82. The molecule has 94 valence electrons. The van der Waals surface area contributed by atoms with Gasteiger partial charge in [0.2, 0.25) is 0 Å². The molecule has 0 aliphatic heterocycles. The first kappa shape index (κ1) is 11.9. The van der Waals surface area contributed by atoms with E-state index in [1.54, 1.807) is 11.3 Å². The number of hydrogen-bond donors (Lipinski definition) is 0. The molecule has 0 saturated carbocycles. The Balaban J connectivity index is 1.67. The van der Waals surface area contributed by atoms with Gasteiger partial charge in [-0.1, -0.05) is 30.3 Å². The number of rotatable bonds is 4. The maximum absolute atomic E-state index is 5.75. The van der Waals surface area contributed by atoms with Crippen LogP contribution in [0.2, 0.25) is 0 Å². The topological polar surface area (TPSA) is 22.1 Å². The lowest BCUT2D eigenvalue weighted by atomic mass is 10.2. The van der Waals surface area contributed by atoms with Crippen LogP contribution in [0.25, 0.3) is 10.6 Å². The quantitative estimate of drug-likeness (QED) is 0.699. The Morgan fingerprint density at radius 2 is 1.74 bits per heavy atom. The molecule has 0 saturated heterocycles. The zero-order valence-electron chi connectivity index (χ0n) is 10.3. The summed E-state index contributed by atoms with van der Waals surface area (Å²) in [4.78, 5) is 4.29. The summed E-state index contributed by atoms with van der Waals surface area (Å²) in [5, 5.41) is 3.02. The first-order valence-corrected chi connectivity index (χ1v) is 6.96. The van der Waals surface area contributed by atoms with E-state index in [9.17, 15) is 0 Å². The zero-order chi connectivity index (χ0) is 12.9. The maximum Gasteiger partial charge on any atom is 0.123 e. The largest absolute Gasteiger partial charge is 0.489 e. The second-order valence-electron chi connectivity index (χ2n) is 4.14. The Hall–Kier alpha value is -2.13. The van der Waals surface area contributed by atoms with Crippen LogP contribution in [0.1, 0.15) is 5.56 Å². The van der Waals surface area contributed by atoms with Crippen LogP contribution in [0.5, 0.6) is 5.75 Å². The van der Waals surface area contributed by atoms with Gasteiger partial charge in [0, 0.05) is 17.1 Å². The van der Waals surface area contributed by atoms with Crippen molar-refractivity contribution in [2.45, 2.75) is 6.61 Å². The molecule has 3 aromatic rings. The summed E-state index contributed by atoms with van der Waals surface area (Å²) < 4.78 is 5.75. The molecule has 0 amide bonds. The molecule has 0 radical (unpaired) electrons. The monoisotopic (exact) mass is 267 g/mol. The van der Waals surface area contributed by atoms with Gasteiger partial charge in [-0.25, -0.2) is 4.98 Å². The van der Waals surface area contributed by atoms with E-state index < -0.39 is 0 Å². The average molecular weight is 267 g/mol. The van der Waals surface area contributed by atoms with Crippen molar-refractivity contribution in [3.8, 4) is 16.3 Å². The van der Waals surface area contributed by atoms with E-state index >= 15 is 0 Å². The van der Waals surface area contributed by atoms with E-state index in [1.807, 2.05) is 54.0 Å². The normalized spacial score (nSPS) is 10.3. The average Bonchev–Trinajstić information content (AvgIpc) is 3.01. The lowest BCUT2D eigenvalue weighted by molar-refractivity contribution is 0.306. The van der Waals surface area contributed by atoms with Crippen molar-refractivity contribution < 1.29 is 4.74 Å². The van der Waals surface area contributed by atoms with Gasteiger partial charge in [-0.05, 0) is 29.8 Å². The summed E-state index contributed by atoms with van der Waals surface area (Å²) in [7, 11) is 0. The Morgan fingerprint density at radius 3 is 2.42 bits per heavy atom. The predicted octanol–water partition coefficient (Wildman–Crippen LogP) is 4.39. The number of aromatic nitrogens is 1. The second kappa shape index (κ2) is 5.67. The molecule has 2 aromatic carbocycles. The van der Waals surface area contributed by atoms with Gasteiger partial charge >= 0.3 is 0 Å². The molecule has 0 atom stereocenters. The molecule has 2 nitrogen and oxygen atoms in total. The van der Waals surface area contributed by atoms with Gasteiger partial charge in [-0.2, -0.15) is 0 Å². The van der Waals surface area contributed by atoms with Crippen LogP contribution in [0.4, 0.5) is 0 Å². The molecule has 0 spiro atoms. The summed E-state index contributed by atoms with van der Waals surface area (Å²) in [5.41, 5.74) is 2.30. The van der Waals surface area contributed by atoms with Crippen LogP contribution in [0, 0.1) is 0 Å². The lowest BCUT2D eigenvalue weighted by Gasteiger charge is -2.06. The van der Waals surface area contributed by atoms with Gasteiger partial charge < -0.3 is 4.74 Å². The van der Waals surface area contributed by atoms with E-state index in [2.05, 4.69) is 17.1 Å². The van der Waals surface area contributed by atoms with Crippen LogP contribution in [0.3, 0.4) is 0 Å². The van der Waals surface area contributed by atoms with Crippen LogP contribution in [-0.2, 0) is 6.61 Å². The highest BCUT2D eigenvalue weighted by Crippen LogP contribution is 2.24. The van der Waals surface area contributed by atoms with Crippen molar-refractivity contribution in [2.24, 2.45) is 0 Å². The maximum atomic E-state index is 5.75. The highest BCUT2D eigenvalue weighted by Gasteiger charge is 2.01. The fourth-order valence-electron chi connectivity index (χ4n) is 1.80. The van der Waals surface area contributed by atoms with Crippen molar-refractivity contribution in [2.75, 3.05) is 0 Å². The third-order valence-electron chi connectivity index (χ3n) is 2.78. The van der Waals surface area contributed by atoms with Crippen molar-refractivity contribution in [1.29, 1.82) is 0 Å². The summed E-state index contributed by atoms with van der Waals surface area (Å²) >= 11 is 1.64. The molecule has 0 N–H and O–H groups in total. The van der Waals surface area contributed by atoms with E-state index in [4.69, 9.17) is 4.74 Å². The van der Waals surface area contributed by atoms with Gasteiger partial charge in [-0.15, -0.1) is 11.3 Å². The third-order valence-corrected chi connectivity index (χ3v) is 3.60. The molecule has 0 unspecified atom stereocenters. The number of thiazole rings is 1. The van der Waals surface area contributed by atoms with Crippen LogP contribution in [0.15, 0.2) is 66.2 Å². The Bertz CT molecular complexity index is 618. The predicted molar refractivity (Wildman–Crippen MR) is 78.3 cm³/mol. The molecular weight excluding hydrogens is 254 g/mol. The second-order valence-corrected chi connectivity index (χ2v) is 5.03. The van der Waals surface area contributed by atoms with E-state index in [0.717, 1.165) is 16.3 Å². The molecule has 0 aliphatic carbocycles. The molecule has 0 fully saturated rings. The molecule has 1 heterocycles. The first-order valence-electron chi connectivity index (χ1n) is 6.08. The van der Waals surface area contributed by atoms with E-state index in [-0.39, 0.29) is 0 Å². The summed E-state index contributed by atoms with van der Waals surface area (Å²) in [5.74, 6) is 0.879. The molecule has 3 rings (SSSR count). The van der Waals surface area contributed by atoms with E-state index in [0.29, 0.717) is 6.61 Å². The van der Waals surface area contributed by atoms with Crippen molar-refractivity contribution >= 4 is 11.3 Å². The fourth-order valence-corrected chi connectivity index (χ4v) is 2.45. The number of benzene rings is 2. The molecular formula is C16H13NOS. The van der Waals surface area contributed by atoms with Gasteiger partial charge in [-0.3, -0.25) is 0 Å². The molecule has 3 heteroatoms. The van der Waals surface area contributed by atoms with E-state index in [1.165, 1.54) is 5.56 Å². The number of ether oxygens (including phenoxy) is 1. The highest BCUT2D eigenvalue weighted by atomic mass is 32.1. The van der Waals surface area contributed by atoms with Crippen molar-refractivity contribution in [3.63, 3.8) is 0 Å². The zero-order valence-corrected chi connectivity index (χ0v) is 11.1. The number of nitrogens with zero attached hydrogens (tertiary/aromatic N) is 1. The smallest absolute Gasteiger partial charge is 0.123 e. The number of hydrogen-bond acceptors (Lipinski definition) is 3. The van der Waals surface area contributed by atoms with Crippen LogP contribution >= 0.6 is 11.3 Å². The minimum atomic E-state index is 0.595. The minimum Gasteiger partial charge on any atom is -0.489 e. The lowest BCUT2D eigenvalue weighted by Crippen LogP contribution is -1.94. The van der Waals surface area contributed by atoms with Crippen LogP contribution in [-0.4, -0.2) is 4.98 Å².